The van der Waals surface area contributed by atoms with Crippen molar-refractivity contribution in [1.29, 1.82) is 0 Å². The van der Waals surface area contributed by atoms with Crippen molar-refractivity contribution in [3.05, 3.63) is 65.9 Å². The third-order valence-electron chi connectivity index (χ3n) is 11.0. The zero-order valence-corrected chi connectivity index (χ0v) is 28.7. The Kier molecular flexibility index (Phi) is 6.12. The van der Waals surface area contributed by atoms with Gasteiger partial charge in [0.1, 0.15) is 6.17 Å². The molecule has 2 aromatic carbocycles. The number of fused-ring (bicyclic) bond motifs is 9. The lowest BCUT2D eigenvalue weighted by molar-refractivity contribution is -0.167. The number of aliphatic hydroxyl groups is 2. The number of piperazine rings is 2. The Morgan fingerprint density at radius 1 is 0.745 bits per heavy atom. The third-order valence-corrected chi connectivity index (χ3v) is 18.4. The number of aromatic nitrogens is 1. The van der Waals surface area contributed by atoms with E-state index in [0.29, 0.717) is 0 Å². The highest BCUT2D eigenvalue weighted by atomic mass is 33.1. The van der Waals surface area contributed by atoms with E-state index < -0.39 is 44.9 Å². The van der Waals surface area contributed by atoms with Crippen molar-refractivity contribution in [3.8, 4) is 0 Å². The molecule has 11 rings (SSSR count). The van der Waals surface area contributed by atoms with Crippen LogP contribution in [0.4, 0.5) is 5.69 Å². The summed E-state index contributed by atoms with van der Waals surface area (Å²) in [5, 5.41) is 25.2. The number of nitrogens with one attached hydrogen (secondary N) is 1. The molecule has 9 heterocycles. The number of benzene rings is 2. The van der Waals surface area contributed by atoms with Crippen molar-refractivity contribution in [1.82, 2.24) is 24.2 Å². The van der Waals surface area contributed by atoms with E-state index in [0.717, 1.165) is 27.7 Å². The maximum atomic E-state index is 14.6. The van der Waals surface area contributed by atoms with Crippen molar-refractivity contribution in [3.63, 3.8) is 0 Å². The summed E-state index contributed by atoms with van der Waals surface area (Å²) in [5.74, 6) is -1.46. The van der Waals surface area contributed by atoms with Crippen LogP contribution in [0, 0.1) is 0 Å². The van der Waals surface area contributed by atoms with E-state index in [1.807, 2.05) is 54.7 Å². The standard InChI is InChI=1S/C31H30N6O6S4/c1-33-25(41)29(14-38)34(2)24(40)28(33,44-45-29)12-16-13-36(20-11-7-5-8-17(16)20)22-21-18-9-4-6-10-19(18)32-23(21)37-26(42)30(15-39)35(3)27(43)31(22,37)47-46-30/h4-11,13,21-23,32,38-39H,12,14-15H2,1-3H3. The number of para-hydroxylation sites is 2. The molecule has 16 heteroatoms. The Labute approximate surface area is 285 Å². The first kappa shape index (κ1) is 30.1. The van der Waals surface area contributed by atoms with Gasteiger partial charge in [-0.3, -0.25) is 24.1 Å². The van der Waals surface area contributed by atoms with E-state index in [9.17, 15) is 29.4 Å². The van der Waals surface area contributed by atoms with Crippen molar-refractivity contribution < 1.29 is 29.4 Å². The molecule has 0 saturated carbocycles. The normalized spacial score (nSPS) is 36.8. The summed E-state index contributed by atoms with van der Waals surface area (Å²) < 4.78 is 2.10. The van der Waals surface area contributed by atoms with Gasteiger partial charge in [-0.15, -0.1) is 0 Å². The second kappa shape index (κ2) is 9.57. The van der Waals surface area contributed by atoms with Crippen LogP contribution in [0.1, 0.15) is 23.1 Å². The van der Waals surface area contributed by atoms with Crippen LogP contribution in [-0.4, -0.2) is 118 Å². The number of hydrogen-bond acceptors (Lipinski definition) is 11. The largest absolute Gasteiger partial charge is 0.392 e. The van der Waals surface area contributed by atoms with Crippen molar-refractivity contribution in [2.24, 2.45) is 0 Å². The Morgan fingerprint density at radius 3 is 2.11 bits per heavy atom. The van der Waals surface area contributed by atoms with Crippen LogP contribution in [0.2, 0.25) is 0 Å². The van der Waals surface area contributed by atoms with E-state index in [4.69, 9.17) is 0 Å². The topological polar surface area (TPSA) is 139 Å². The molecule has 7 fully saturated rings. The molecule has 12 nitrogen and oxygen atoms in total. The molecule has 7 saturated heterocycles. The minimum atomic E-state index is -1.42. The fourth-order valence-electron chi connectivity index (χ4n) is 8.44. The first-order valence-corrected chi connectivity index (χ1v) is 19.4. The van der Waals surface area contributed by atoms with Crippen LogP contribution in [0.15, 0.2) is 54.7 Å². The van der Waals surface area contributed by atoms with Crippen molar-refractivity contribution in [2.75, 3.05) is 39.7 Å². The van der Waals surface area contributed by atoms with Crippen LogP contribution in [-0.2, 0) is 25.6 Å². The van der Waals surface area contributed by atoms with Crippen LogP contribution in [0.25, 0.3) is 10.9 Å². The molecule has 7 atom stereocenters. The second-order valence-corrected chi connectivity index (χ2v) is 18.2. The number of nitrogens with zero attached hydrogens (tertiary/aromatic N) is 5. The zero-order valence-electron chi connectivity index (χ0n) is 25.4. The maximum absolute atomic E-state index is 14.6. The Balaban J connectivity index is 1.24. The zero-order chi connectivity index (χ0) is 32.8. The molecule has 8 aliphatic rings. The van der Waals surface area contributed by atoms with Gasteiger partial charge in [0.25, 0.3) is 23.6 Å². The molecule has 4 bridgehead atoms. The van der Waals surface area contributed by atoms with E-state index in [2.05, 4.69) is 9.88 Å². The van der Waals surface area contributed by atoms with Gasteiger partial charge in [-0.1, -0.05) is 47.2 Å². The third kappa shape index (κ3) is 3.21. The summed E-state index contributed by atoms with van der Waals surface area (Å²) in [6.07, 6.45) is 1.66. The van der Waals surface area contributed by atoms with E-state index >= 15 is 0 Å². The highest BCUT2D eigenvalue weighted by Crippen LogP contribution is 2.70. The van der Waals surface area contributed by atoms with Crippen molar-refractivity contribution >= 4 is 83.4 Å². The summed E-state index contributed by atoms with van der Waals surface area (Å²) in [6, 6.07) is 15.2. The summed E-state index contributed by atoms with van der Waals surface area (Å²) in [7, 11) is 9.86. The summed E-state index contributed by atoms with van der Waals surface area (Å²) in [6.45, 7) is -0.994. The molecular weight excluding hydrogens is 681 g/mol. The van der Waals surface area contributed by atoms with Gasteiger partial charge in [-0.2, -0.15) is 0 Å². The molecule has 7 unspecified atom stereocenters. The molecule has 0 aliphatic carbocycles. The van der Waals surface area contributed by atoms with E-state index in [-0.39, 0.29) is 36.0 Å². The molecule has 4 amide bonds. The Bertz CT molecular complexity index is 1960. The van der Waals surface area contributed by atoms with E-state index in [1.54, 1.807) is 26.0 Å². The lowest BCUT2D eigenvalue weighted by atomic mass is 9.89. The fourth-order valence-corrected chi connectivity index (χ4v) is 15.8. The number of anilines is 1. The number of amides is 4. The van der Waals surface area contributed by atoms with Crippen LogP contribution < -0.4 is 5.32 Å². The Hall–Kier alpha value is -3.02. The van der Waals surface area contributed by atoms with Gasteiger partial charge in [-0.05, 0) is 55.6 Å². The van der Waals surface area contributed by atoms with Gasteiger partial charge < -0.3 is 34.8 Å². The first-order valence-electron chi connectivity index (χ1n) is 15.1. The lowest BCUT2D eigenvalue weighted by Crippen LogP contribution is -2.78. The predicted octanol–water partition coefficient (Wildman–Crippen LogP) is 2.06. The monoisotopic (exact) mass is 710 g/mol. The minimum Gasteiger partial charge on any atom is -0.392 e. The molecule has 3 N–H and O–H groups in total. The van der Waals surface area contributed by atoms with Gasteiger partial charge in [0.2, 0.25) is 14.6 Å². The van der Waals surface area contributed by atoms with Crippen LogP contribution in [0.3, 0.4) is 0 Å². The van der Waals surface area contributed by atoms with Gasteiger partial charge in [0.15, 0.2) is 4.87 Å². The number of carbonyl (C=O) groups excluding carboxylic acids is 4. The number of hydrogen-bond donors (Lipinski definition) is 3. The van der Waals surface area contributed by atoms with Crippen molar-refractivity contribution in [2.45, 2.75) is 44.0 Å². The van der Waals surface area contributed by atoms with E-state index in [1.165, 1.54) is 57.9 Å². The number of likely N-dealkylation sites (N-methyl/N-ethyl adjacent to an activating group) is 3. The molecule has 0 radical (unpaired) electrons. The first-order chi connectivity index (χ1) is 22.5. The lowest BCUT2D eigenvalue weighted by Gasteiger charge is -2.59. The van der Waals surface area contributed by atoms with Crippen LogP contribution in [0.5, 0.6) is 0 Å². The number of aliphatic hydroxyl groups excluding tert-OH is 2. The van der Waals surface area contributed by atoms with Crippen LogP contribution >= 0.6 is 43.2 Å². The summed E-state index contributed by atoms with van der Waals surface area (Å²) >= 11 is 0. The van der Waals surface area contributed by atoms with Gasteiger partial charge in [-0.25, -0.2) is 0 Å². The molecule has 8 aliphatic heterocycles. The average molecular weight is 711 g/mol. The SMILES string of the molecule is CN1C(=O)C2(Cc3cn(C4C5c6ccccc6NC5N5C(=O)C6(CO)SSC45C(=O)N6C)c4ccccc34)SSC1(CO)C(=O)N2C. The highest BCUT2D eigenvalue weighted by Gasteiger charge is 2.78. The number of rotatable bonds is 5. The molecule has 244 valence electrons. The molecule has 47 heavy (non-hydrogen) atoms. The Morgan fingerprint density at radius 2 is 1.34 bits per heavy atom. The molecule has 3 aromatic rings. The minimum absolute atomic E-state index is 0.194. The molecule has 1 spiro atoms. The smallest absolute Gasteiger partial charge is 0.265 e. The van der Waals surface area contributed by atoms with Gasteiger partial charge in [0.05, 0.1) is 19.3 Å². The number of carbonyl (C=O) groups is 4. The maximum Gasteiger partial charge on any atom is 0.265 e. The average Bonchev–Trinajstić information content (AvgIpc) is 3.72. The predicted molar refractivity (Wildman–Crippen MR) is 182 cm³/mol. The quantitative estimate of drug-likeness (QED) is 0.336. The van der Waals surface area contributed by atoms with Gasteiger partial charge >= 0.3 is 0 Å². The second-order valence-electron chi connectivity index (χ2n) is 12.9. The fraction of sp³-hybridized carbons (Fsp3) is 0.419. The highest BCUT2D eigenvalue weighted by molar-refractivity contribution is 8.78. The molecular formula is C31H30N6O6S4. The summed E-state index contributed by atoms with van der Waals surface area (Å²) in [5.41, 5.74) is 3.54. The molecule has 1 aromatic heterocycles. The van der Waals surface area contributed by atoms with Gasteiger partial charge in [0, 0.05) is 56.3 Å². The summed E-state index contributed by atoms with van der Waals surface area (Å²) in [4.78, 5) is 57.3.